The summed E-state index contributed by atoms with van der Waals surface area (Å²) in [6.07, 6.45) is 0.415. The first-order chi connectivity index (χ1) is 16.4. The zero-order valence-electron chi connectivity index (χ0n) is 18.5. The zero-order chi connectivity index (χ0) is 24.2. The fourth-order valence-electron chi connectivity index (χ4n) is 4.35. The monoisotopic (exact) mass is 468 g/mol. The van der Waals surface area contributed by atoms with E-state index in [1.54, 1.807) is 24.3 Å². The number of carbonyl (C=O) groups excluding carboxylic acids is 2. The first-order valence-electron chi connectivity index (χ1n) is 11.2. The van der Waals surface area contributed by atoms with Gasteiger partial charge in [-0.1, -0.05) is 42.5 Å². The third-order valence-corrected chi connectivity index (χ3v) is 6.18. The van der Waals surface area contributed by atoms with Crippen LogP contribution >= 0.6 is 0 Å². The maximum atomic E-state index is 14.8. The quantitative estimate of drug-likeness (QED) is 0.405. The lowest BCUT2D eigenvalue weighted by molar-refractivity contribution is -0.138. The molecule has 34 heavy (non-hydrogen) atoms. The van der Waals surface area contributed by atoms with E-state index in [0.29, 0.717) is 17.5 Å². The van der Waals surface area contributed by atoms with Crippen molar-refractivity contribution in [3.05, 3.63) is 71.0 Å². The molecule has 1 aliphatic carbocycles. The van der Waals surface area contributed by atoms with Gasteiger partial charge in [-0.15, -0.1) is 0 Å². The Balaban J connectivity index is 1.56. The van der Waals surface area contributed by atoms with Crippen molar-refractivity contribution in [2.24, 2.45) is 0 Å². The Hall–Kier alpha value is -3.62. The maximum absolute atomic E-state index is 14.8. The molecule has 0 bridgehead atoms. The molecule has 2 aromatic carbocycles. The topological polar surface area (TPSA) is 106 Å². The minimum Gasteiger partial charge on any atom is -0.432 e. The molecule has 1 saturated heterocycles. The van der Waals surface area contributed by atoms with E-state index in [9.17, 15) is 18.4 Å². The predicted octanol–water partition coefficient (Wildman–Crippen LogP) is 3.84. The van der Waals surface area contributed by atoms with Gasteiger partial charge < -0.3 is 15.0 Å². The molecule has 3 N–H and O–H groups in total. The molecule has 0 unspecified atom stereocenters. The summed E-state index contributed by atoms with van der Waals surface area (Å²) in [6.45, 7) is -0.268. The molecule has 1 saturated carbocycles. The van der Waals surface area contributed by atoms with Gasteiger partial charge in [0, 0.05) is 6.42 Å². The standard InChI is InChI=1S/C25H26F2N4O3/c26-18-11-21(31(13-18)23(32)12-22(29)34-14-28)25(33)30-24(16-4-2-1-3-5-16)17-8-9-19(15-6-7-15)20(27)10-17/h1-5,8-10,14-15,18,21,24,28-29H,6-7,11-13H2,(H,30,33)/t18-,21+,24+/m1/s1. The van der Waals surface area contributed by atoms with Gasteiger partial charge in [0.2, 0.25) is 11.8 Å². The van der Waals surface area contributed by atoms with Gasteiger partial charge in [-0.05, 0) is 41.5 Å². The van der Waals surface area contributed by atoms with E-state index in [4.69, 9.17) is 10.8 Å². The lowest BCUT2D eigenvalue weighted by Crippen LogP contribution is -2.47. The number of benzene rings is 2. The third kappa shape index (κ3) is 5.30. The number of nitrogens with zero attached hydrogens (tertiary/aromatic N) is 1. The molecular weight excluding hydrogens is 442 g/mol. The maximum Gasteiger partial charge on any atom is 0.243 e. The normalized spacial score (nSPS) is 20.5. The molecule has 0 aromatic heterocycles. The molecule has 1 heterocycles. The second-order valence-corrected chi connectivity index (χ2v) is 8.64. The van der Waals surface area contributed by atoms with Gasteiger partial charge >= 0.3 is 0 Å². The summed E-state index contributed by atoms with van der Waals surface area (Å²) in [6, 6.07) is 12.3. The highest BCUT2D eigenvalue weighted by Crippen LogP contribution is 2.42. The summed E-state index contributed by atoms with van der Waals surface area (Å²) in [5.74, 6) is -1.73. The van der Waals surface area contributed by atoms with Crippen LogP contribution in [0.15, 0.2) is 48.5 Å². The van der Waals surface area contributed by atoms with Crippen LogP contribution in [-0.4, -0.2) is 47.8 Å². The van der Waals surface area contributed by atoms with E-state index in [2.05, 4.69) is 10.1 Å². The predicted molar refractivity (Wildman–Crippen MR) is 122 cm³/mol. The summed E-state index contributed by atoms with van der Waals surface area (Å²) >= 11 is 0. The number of alkyl halides is 1. The molecule has 2 aliphatic rings. The lowest BCUT2D eigenvalue weighted by Gasteiger charge is -2.27. The number of ether oxygens (including phenoxy) is 1. The number of halogens is 2. The van der Waals surface area contributed by atoms with Crippen molar-refractivity contribution in [3.63, 3.8) is 0 Å². The van der Waals surface area contributed by atoms with E-state index < -0.39 is 42.4 Å². The lowest BCUT2D eigenvalue weighted by atomic mass is 9.96. The molecule has 2 fully saturated rings. The van der Waals surface area contributed by atoms with Crippen LogP contribution in [0.4, 0.5) is 8.78 Å². The Morgan fingerprint density at radius 1 is 1.18 bits per heavy atom. The Bertz CT molecular complexity index is 1090. The summed E-state index contributed by atoms with van der Waals surface area (Å²) < 4.78 is 33.6. The number of hydrogen-bond donors (Lipinski definition) is 3. The molecular formula is C25H26F2N4O3. The van der Waals surface area contributed by atoms with Crippen molar-refractivity contribution < 1.29 is 23.1 Å². The van der Waals surface area contributed by atoms with Crippen LogP contribution in [0.5, 0.6) is 0 Å². The second kappa shape index (κ2) is 10.1. The molecule has 3 atom stereocenters. The van der Waals surface area contributed by atoms with Gasteiger partial charge in [0.1, 0.15) is 24.5 Å². The highest BCUT2D eigenvalue weighted by Gasteiger charge is 2.41. The van der Waals surface area contributed by atoms with E-state index in [1.165, 1.54) is 6.07 Å². The first kappa shape index (κ1) is 23.5. The number of carbonyl (C=O) groups is 2. The Kier molecular flexibility index (Phi) is 7.00. The smallest absolute Gasteiger partial charge is 0.243 e. The van der Waals surface area contributed by atoms with Crippen LogP contribution in [0.3, 0.4) is 0 Å². The molecule has 0 spiro atoms. The first-order valence-corrected chi connectivity index (χ1v) is 11.2. The van der Waals surface area contributed by atoms with Gasteiger partial charge in [0.25, 0.3) is 0 Å². The van der Waals surface area contributed by atoms with Gasteiger partial charge in [-0.2, -0.15) is 0 Å². The molecule has 0 radical (unpaired) electrons. The van der Waals surface area contributed by atoms with Crippen molar-refractivity contribution in [2.75, 3.05) is 6.54 Å². The molecule has 178 valence electrons. The van der Waals surface area contributed by atoms with Gasteiger partial charge in [0.15, 0.2) is 12.3 Å². The van der Waals surface area contributed by atoms with Crippen LogP contribution in [-0.2, 0) is 14.3 Å². The largest absolute Gasteiger partial charge is 0.432 e. The summed E-state index contributed by atoms with van der Waals surface area (Å²) in [5.41, 5.74) is 1.95. The van der Waals surface area contributed by atoms with Crippen LogP contribution in [0, 0.1) is 16.6 Å². The van der Waals surface area contributed by atoms with Crippen LogP contribution < -0.4 is 5.32 Å². The van der Waals surface area contributed by atoms with E-state index >= 15 is 0 Å². The average Bonchev–Trinajstić information content (AvgIpc) is 3.58. The van der Waals surface area contributed by atoms with Crippen molar-refractivity contribution in [2.45, 2.75) is 49.9 Å². The summed E-state index contributed by atoms with van der Waals surface area (Å²) in [5, 5.41) is 17.3. The third-order valence-electron chi connectivity index (χ3n) is 6.18. The highest BCUT2D eigenvalue weighted by molar-refractivity contribution is 5.99. The fraction of sp³-hybridized carbons (Fsp3) is 0.360. The second-order valence-electron chi connectivity index (χ2n) is 8.64. The number of nitrogens with one attached hydrogen (secondary N) is 3. The number of rotatable bonds is 8. The van der Waals surface area contributed by atoms with Crippen molar-refractivity contribution in [3.8, 4) is 0 Å². The van der Waals surface area contributed by atoms with Crippen LogP contribution in [0.2, 0.25) is 0 Å². The molecule has 7 nitrogen and oxygen atoms in total. The average molecular weight is 469 g/mol. The molecule has 9 heteroatoms. The Morgan fingerprint density at radius 2 is 1.91 bits per heavy atom. The fourth-order valence-corrected chi connectivity index (χ4v) is 4.35. The van der Waals surface area contributed by atoms with Crippen molar-refractivity contribution in [1.29, 1.82) is 10.8 Å². The van der Waals surface area contributed by atoms with Gasteiger partial charge in [-0.3, -0.25) is 20.4 Å². The van der Waals surface area contributed by atoms with E-state index in [0.717, 1.165) is 23.3 Å². The summed E-state index contributed by atoms with van der Waals surface area (Å²) in [4.78, 5) is 27.0. The Labute approximate surface area is 196 Å². The molecule has 2 aromatic rings. The van der Waals surface area contributed by atoms with E-state index in [-0.39, 0.29) is 24.7 Å². The van der Waals surface area contributed by atoms with Crippen LogP contribution in [0.1, 0.15) is 54.3 Å². The molecule has 2 amide bonds. The Morgan fingerprint density at radius 3 is 2.56 bits per heavy atom. The SMILES string of the molecule is N=COC(=N)CC(=O)N1C[C@H](F)C[C@H]1C(=O)N[C@@H](c1ccccc1)c1ccc(C2CC2)c(F)c1. The minimum absolute atomic E-state index is 0.174. The number of hydrogen-bond acceptors (Lipinski definition) is 5. The van der Waals surface area contributed by atoms with E-state index in [1.807, 2.05) is 18.2 Å². The number of amides is 2. The number of likely N-dealkylation sites (tertiary alicyclic amines) is 1. The van der Waals surface area contributed by atoms with Crippen LogP contribution in [0.25, 0.3) is 0 Å². The van der Waals surface area contributed by atoms with Gasteiger partial charge in [0.05, 0.1) is 12.6 Å². The van der Waals surface area contributed by atoms with Gasteiger partial charge in [-0.25, -0.2) is 8.78 Å². The molecule has 1 aliphatic heterocycles. The highest BCUT2D eigenvalue weighted by atomic mass is 19.1. The van der Waals surface area contributed by atoms with Crippen molar-refractivity contribution >= 4 is 24.1 Å². The minimum atomic E-state index is -1.39. The molecule has 4 rings (SSSR count). The van der Waals surface area contributed by atoms with Crippen molar-refractivity contribution in [1.82, 2.24) is 10.2 Å². The summed E-state index contributed by atoms with van der Waals surface area (Å²) in [7, 11) is 0. The zero-order valence-corrected chi connectivity index (χ0v) is 18.5.